The molecule has 1 unspecified atom stereocenters. The van der Waals surface area contributed by atoms with Crippen LogP contribution < -0.4 is 10.1 Å². The maximum absolute atomic E-state index is 12.5. The number of nitrogens with one attached hydrogen (secondary N) is 2. The molecule has 3 aromatic rings. The van der Waals surface area contributed by atoms with E-state index < -0.39 is 0 Å². The Labute approximate surface area is 189 Å². The van der Waals surface area contributed by atoms with Crippen LogP contribution in [0.1, 0.15) is 30.1 Å². The summed E-state index contributed by atoms with van der Waals surface area (Å²) in [5.74, 6) is 0.718. The van der Waals surface area contributed by atoms with Crippen LogP contribution in [0.3, 0.4) is 0 Å². The number of nitrogens with zero attached hydrogens (tertiary/aromatic N) is 4. The number of hydrogen-bond acceptors (Lipinski definition) is 7. The lowest BCUT2D eigenvalue weighted by Gasteiger charge is -2.33. The zero-order valence-electron chi connectivity index (χ0n) is 17.6. The van der Waals surface area contributed by atoms with Crippen molar-refractivity contribution in [2.75, 3.05) is 18.4 Å². The van der Waals surface area contributed by atoms with E-state index in [-0.39, 0.29) is 12.0 Å². The van der Waals surface area contributed by atoms with E-state index in [1.807, 2.05) is 18.2 Å². The number of anilines is 1. The quantitative estimate of drug-likeness (QED) is 0.546. The number of aromatic amines is 1. The molecule has 0 bridgehead atoms. The van der Waals surface area contributed by atoms with E-state index in [1.165, 1.54) is 0 Å². The Hall–Kier alpha value is -3.40. The number of aromatic nitrogens is 4. The summed E-state index contributed by atoms with van der Waals surface area (Å²) in [5, 5.41) is 17.8. The highest BCUT2D eigenvalue weighted by Gasteiger charge is 2.28. The van der Waals surface area contributed by atoms with Crippen LogP contribution in [-0.4, -0.2) is 55.9 Å². The molecule has 0 aliphatic carbocycles. The summed E-state index contributed by atoms with van der Waals surface area (Å²) in [7, 11) is 0. The van der Waals surface area contributed by atoms with Crippen LogP contribution in [0.5, 0.6) is 5.75 Å². The first-order valence-corrected chi connectivity index (χ1v) is 11.3. The van der Waals surface area contributed by atoms with Crippen molar-refractivity contribution in [3.8, 4) is 5.75 Å². The number of tetrazole rings is 1. The Morgan fingerprint density at radius 1 is 1.12 bits per heavy atom. The molecule has 2 aromatic carbocycles. The van der Waals surface area contributed by atoms with Crippen molar-refractivity contribution in [3.05, 3.63) is 60.2 Å². The third kappa shape index (κ3) is 5.64. The predicted molar refractivity (Wildman–Crippen MR) is 121 cm³/mol. The predicted octanol–water partition coefficient (Wildman–Crippen LogP) is 3.84. The molecular formula is C22H24N6O3S. The summed E-state index contributed by atoms with van der Waals surface area (Å²) in [4.78, 5) is 26.5. The van der Waals surface area contributed by atoms with Gasteiger partial charge in [0.25, 0.3) is 5.91 Å². The molecule has 32 heavy (non-hydrogen) atoms. The van der Waals surface area contributed by atoms with Gasteiger partial charge >= 0.3 is 6.09 Å². The van der Waals surface area contributed by atoms with Crippen molar-refractivity contribution in [1.29, 1.82) is 0 Å². The minimum atomic E-state index is -0.358. The highest BCUT2D eigenvalue weighted by molar-refractivity contribution is 7.99. The van der Waals surface area contributed by atoms with Gasteiger partial charge in [0.2, 0.25) is 5.16 Å². The molecule has 1 aliphatic heterocycles. The number of hydrogen-bond donors (Lipinski definition) is 2. The normalized spacial score (nSPS) is 15.2. The van der Waals surface area contributed by atoms with E-state index >= 15 is 0 Å². The standard InChI is InChI=1S/C22H24N6O3S/c1-15(32-21-24-26-27-25-21)16-11-13-28(14-12-16)22(30)31-19-9-7-18(8-10-19)23-20(29)17-5-3-2-4-6-17/h2-10,15-16H,11-14H2,1H3,(H,23,29)(H,24,25,26,27). The number of piperidine rings is 1. The fraction of sp³-hybridized carbons (Fsp3) is 0.318. The Bertz CT molecular complexity index is 1020. The second-order valence-corrected chi connectivity index (χ2v) is 8.90. The van der Waals surface area contributed by atoms with Crippen molar-refractivity contribution in [2.24, 2.45) is 5.92 Å². The van der Waals surface area contributed by atoms with Crippen molar-refractivity contribution in [3.63, 3.8) is 0 Å². The van der Waals surface area contributed by atoms with Gasteiger partial charge in [0.15, 0.2) is 0 Å². The van der Waals surface area contributed by atoms with E-state index in [9.17, 15) is 9.59 Å². The molecule has 10 heteroatoms. The average Bonchev–Trinajstić information content (AvgIpc) is 3.34. The van der Waals surface area contributed by atoms with Crippen LogP contribution in [0.25, 0.3) is 0 Å². The second-order valence-electron chi connectivity index (χ2n) is 7.55. The summed E-state index contributed by atoms with van der Waals surface area (Å²) in [5.41, 5.74) is 1.21. The van der Waals surface area contributed by atoms with Crippen LogP contribution in [0.4, 0.5) is 10.5 Å². The topological polar surface area (TPSA) is 113 Å². The van der Waals surface area contributed by atoms with E-state index in [0.29, 0.717) is 46.4 Å². The van der Waals surface area contributed by atoms with Crippen LogP contribution in [0.2, 0.25) is 0 Å². The molecule has 9 nitrogen and oxygen atoms in total. The molecule has 1 atom stereocenters. The van der Waals surface area contributed by atoms with E-state index in [4.69, 9.17) is 4.74 Å². The van der Waals surface area contributed by atoms with Crippen molar-refractivity contribution in [1.82, 2.24) is 25.5 Å². The van der Waals surface area contributed by atoms with Crippen LogP contribution in [-0.2, 0) is 0 Å². The number of thioether (sulfide) groups is 1. The lowest BCUT2D eigenvalue weighted by Crippen LogP contribution is -2.41. The Balaban J connectivity index is 1.24. The third-order valence-corrected chi connectivity index (χ3v) is 6.57. The van der Waals surface area contributed by atoms with Gasteiger partial charge in [0.05, 0.1) is 0 Å². The van der Waals surface area contributed by atoms with E-state index in [1.54, 1.807) is 53.1 Å². The summed E-state index contributed by atoms with van der Waals surface area (Å²) in [6.07, 6.45) is 1.43. The monoisotopic (exact) mass is 452 g/mol. The summed E-state index contributed by atoms with van der Waals surface area (Å²) in [6.45, 7) is 3.44. The summed E-state index contributed by atoms with van der Waals surface area (Å²) < 4.78 is 5.52. The highest BCUT2D eigenvalue weighted by Crippen LogP contribution is 2.31. The van der Waals surface area contributed by atoms with Gasteiger partial charge in [-0.1, -0.05) is 36.9 Å². The molecule has 1 aromatic heterocycles. The smallest absolute Gasteiger partial charge is 0.410 e. The number of likely N-dealkylation sites (tertiary alicyclic amines) is 1. The molecule has 0 spiro atoms. The molecule has 1 saturated heterocycles. The zero-order chi connectivity index (χ0) is 22.3. The average molecular weight is 453 g/mol. The molecule has 2 N–H and O–H groups in total. The van der Waals surface area contributed by atoms with Gasteiger partial charge in [-0.05, 0) is 60.4 Å². The molecule has 2 heterocycles. The van der Waals surface area contributed by atoms with E-state index in [2.05, 4.69) is 32.9 Å². The number of amides is 2. The largest absolute Gasteiger partial charge is 0.415 e. The fourth-order valence-corrected chi connectivity index (χ4v) is 4.56. The molecule has 0 saturated carbocycles. The first kappa shape index (κ1) is 21.8. The molecule has 1 aliphatic rings. The van der Waals surface area contributed by atoms with Gasteiger partial charge in [0.1, 0.15) is 5.75 Å². The number of carbonyl (C=O) groups excluding carboxylic acids is 2. The number of ether oxygens (including phenoxy) is 1. The zero-order valence-corrected chi connectivity index (χ0v) is 18.4. The van der Waals surface area contributed by atoms with Gasteiger partial charge in [0, 0.05) is 29.6 Å². The van der Waals surface area contributed by atoms with Crippen LogP contribution in [0, 0.1) is 5.92 Å². The van der Waals surface area contributed by atoms with Crippen molar-refractivity contribution in [2.45, 2.75) is 30.2 Å². The second kappa shape index (κ2) is 10.3. The molecule has 0 radical (unpaired) electrons. The third-order valence-electron chi connectivity index (χ3n) is 5.43. The number of benzene rings is 2. The maximum atomic E-state index is 12.5. The number of carbonyl (C=O) groups is 2. The van der Waals surface area contributed by atoms with Gasteiger partial charge in [-0.15, -0.1) is 10.2 Å². The van der Waals surface area contributed by atoms with Gasteiger partial charge in [-0.3, -0.25) is 4.79 Å². The maximum Gasteiger partial charge on any atom is 0.415 e. The minimum Gasteiger partial charge on any atom is -0.410 e. The number of rotatable bonds is 6. The molecule has 2 amide bonds. The Morgan fingerprint density at radius 3 is 2.50 bits per heavy atom. The highest BCUT2D eigenvalue weighted by atomic mass is 32.2. The molecular weight excluding hydrogens is 428 g/mol. The van der Waals surface area contributed by atoms with Crippen molar-refractivity contribution < 1.29 is 14.3 Å². The van der Waals surface area contributed by atoms with Gasteiger partial charge in [-0.2, -0.15) is 5.21 Å². The van der Waals surface area contributed by atoms with Crippen LogP contribution in [0.15, 0.2) is 59.8 Å². The molecule has 4 rings (SSSR count). The summed E-state index contributed by atoms with van der Waals surface area (Å²) in [6, 6.07) is 15.8. The Morgan fingerprint density at radius 2 is 1.84 bits per heavy atom. The SMILES string of the molecule is CC(Sc1nn[nH]n1)C1CCN(C(=O)Oc2ccc(NC(=O)c3ccccc3)cc2)CC1. The minimum absolute atomic E-state index is 0.190. The lowest BCUT2D eigenvalue weighted by atomic mass is 9.94. The molecule has 1 fully saturated rings. The first-order valence-electron chi connectivity index (χ1n) is 10.4. The van der Waals surface area contributed by atoms with E-state index in [0.717, 1.165) is 12.8 Å². The van der Waals surface area contributed by atoms with Gasteiger partial charge in [-0.25, -0.2) is 4.79 Å². The molecule has 166 valence electrons. The van der Waals surface area contributed by atoms with Crippen LogP contribution >= 0.6 is 11.8 Å². The Kier molecular flexibility index (Phi) is 7.00. The van der Waals surface area contributed by atoms with Crippen molar-refractivity contribution >= 4 is 29.4 Å². The fourth-order valence-electron chi connectivity index (χ4n) is 3.58. The lowest BCUT2D eigenvalue weighted by molar-refractivity contribution is 0.102. The summed E-state index contributed by atoms with van der Waals surface area (Å²) >= 11 is 1.59. The number of H-pyrrole nitrogens is 1. The first-order chi connectivity index (χ1) is 15.6. The van der Waals surface area contributed by atoms with Gasteiger partial charge < -0.3 is 15.0 Å².